The number of nitrogens with two attached hydrogens (primary N) is 1. The molecule has 0 saturated carbocycles. The largest absolute Gasteiger partial charge is 0.493 e. The van der Waals surface area contributed by atoms with E-state index in [0.717, 1.165) is 24.2 Å². The predicted octanol–water partition coefficient (Wildman–Crippen LogP) is 5.96. The number of benzene rings is 1. The van der Waals surface area contributed by atoms with Gasteiger partial charge in [0, 0.05) is 23.2 Å². The molecular formula is C25H35N3O3SSi. The third-order valence-electron chi connectivity index (χ3n) is 6.17. The highest BCUT2D eigenvalue weighted by Crippen LogP contribution is 2.38. The van der Waals surface area contributed by atoms with E-state index >= 15 is 0 Å². The normalized spacial score (nSPS) is 13.1. The molecule has 3 aromatic rings. The number of thiophene rings is 1. The molecule has 8 heteroatoms. The maximum absolute atomic E-state index is 11.4. The van der Waals surface area contributed by atoms with Crippen LogP contribution in [-0.4, -0.2) is 36.5 Å². The van der Waals surface area contributed by atoms with Crippen LogP contribution in [0.3, 0.4) is 0 Å². The highest BCUT2D eigenvalue weighted by molar-refractivity contribution is 7.13. The summed E-state index contributed by atoms with van der Waals surface area (Å²) in [6.07, 6.45) is 5.04. The second-order valence-electron chi connectivity index (χ2n) is 9.78. The quantitative estimate of drug-likeness (QED) is 0.268. The lowest BCUT2D eigenvalue weighted by atomic mass is 10.1. The van der Waals surface area contributed by atoms with Gasteiger partial charge in [-0.1, -0.05) is 39.0 Å². The van der Waals surface area contributed by atoms with Crippen LogP contribution in [-0.2, 0) is 11.0 Å². The Kier molecular flexibility index (Phi) is 8.15. The smallest absolute Gasteiger partial charge is 0.268 e. The first-order valence-corrected chi connectivity index (χ1v) is 15.1. The number of carbonyl (C=O) groups excluding carboxylic acids is 1. The summed E-state index contributed by atoms with van der Waals surface area (Å²) < 4.78 is 14.8. The highest BCUT2D eigenvalue weighted by Gasteiger charge is 2.39. The van der Waals surface area contributed by atoms with Crippen LogP contribution in [0, 0.1) is 0 Å². The van der Waals surface area contributed by atoms with E-state index in [-0.39, 0.29) is 16.8 Å². The standard InChI is InChI=1S/C25H35N3O3SSi/c1-25(2,3)33(4,5)31-19(16-28-17-21(24(26)29)27-18-28)10-8-14-30-22-12-7-6-11-20(22)23-13-9-15-32-23/h6-7,9,11-13,15,17-19H,8,10,14,16H2,1-5H3,(H2,26,29). The predicted molar refractivity (Wildman–Crippen MR) is 137 cm³/mol. The van der Waals surface area contributed by atoms with Crippen molar-refractivity contribution < 1.29 is 14.0 Å². The lowest BCUT2D eigenvalue weighted by Gasteiger charge is -2.39. The molecule has 0 aliphatic heterocycles. The van der Waals surface area contributed by atoms with Crippen molar-refractivity contribution in [1.82, 2.24) is 9.55 Å². The van der Waals surface area contributed by atoms with Crippen LogP contribution in [0.2, 0.25) is 18.1 Å². The van der Waals surface area contributed by atoms with Gasteiger partial charge < -0.3 is 19.5 Å². The monoisotopic (exact) mass is 485 g/mol. The first kappa shape index (κ1) is 25.2. The van der Waals surface area contributed by atoms with E-state index in [2.05, 4.69) is 62.4 Å². The van der Waals surface area contributed by atoms with Crippen LogP contribution in [0.1, 0.15) is 44.1 Å². The van der Waals surface area contributed by atoms with E-state index < -0.39 is 14.2 Å². The zero-order valence-electron chi connectivity index (χ0n) is 20.2. The number of hydrogen-bond donors (Lipinski definition) is 1. The molecule has 1 amide bonds. The molecule has 2 heterocycles. The van der Waals surface area contributed by atoms with E-state index in [1.807, 2.05) is 22.8 Å². The molecule has 0 aliphatic carbocycles. The number of amides is 1. The van der Waals surface area contributed by atoms with E-state index in [0.29, 0.717) is 13.2 Å². The molecule has 0 aliphatic rings. The number of hydrogen-bond acceptors (Lipinski definition) is 5. The summed E-state index contributed by atoms with van der Waals surface area (Å²) in [5.74, 6) is 0.385. The number of primary amides is 1. The first-order chi connectivity index (χ1) is 15.6. The van der Waals surface area contributed by atoms with Crippen LogP contribution >= 0.6 is 11.3 Å². The van der Waals surface area contributed by atoms with Crippen LogP contribution in [0.25, 0.3) is 10.4 Å². The molecule has 0 fully saturated rings. The molecule has 1 unspecified atom stereocenters. The maximum Gasteiger partial charge on any atom is 0.268 e. The van der Waals surface area contributed by atoms with Crippen molar-refractivity contribution in [3.05, 3.63) is 60.0 Å². The van der Waals surface area contributed by atoms with Crippen molar-refractivity contribution in [2.75, 3.05) is 6.61 Å². The Hall–Kier alpha value is -2.42. The second kappa shape index (κ2) is 10.7. The molecule has 2 N–H and O–H groups in total. The minimum absolute atomic E-state index is 0.00282. The van der Waals surface area contributed by atoms with Gasteiger partial charge in [-0.05, 0) is 54.6 Å². The van der Waals surface area contributed by atoms with Gasteiger partial charge in [-0.15, -0.1) is 11.3 Å². The fourth-order valence-corrected chi connectivity index (χ4v) is 5.46. The van der Waals surface area contributed by atoms with Crippen molar-refractivity contribution in [3.63, 3.8) is 0 Å². The lowest BCUT2D eigenvalue weighted by molar-refractivity contribution is 0.0995. The summed E-state index contributed by atoms with van der Waals surface area (Å²) in [5.41, 5.74) is 6.76. The molecule has 178 valence electrons. The van der Waals surface area contributed by atoms with Gasteiger partial charge in [-0.3, -0.25) is 4.79 Å². The Labute approximate surface area is 201 Å². The van der Waals surface area contributed by atoms with Crippen molar-refractivity contribution in [1.29, 1.82) is 0 Å². The SMILES string of the molecule is CC(C)(C)[Si](C)(C)OC(CCCOc1ccccc1-c1cccs1)Cn1cnc(C(N)=O)c1. The van der Waals surface area contributed by atoms with E-state index in [9.17, 15) is 4.79 Å². The molecule has 0 saturated heterocycles. The Balaban J connectivity index is 1.64. The zero-order chi connectivity index (χ0) is 24.1. The van der Waals surface area contributed by atoms with Crippen LogP contribution in [0.15, 0.2) is 54.3 Å². The lowest BCUT2D eigenvalue weighted by Crippen LogP contribution is -2.45. The van der Waals surface area contributed by atoms with Gasteiger partial charge in [-0.2, -0.15) is 0 Å². The van der Waals surface area contributed by atoms with Gasteiger partial charge in [0.2, 0.25) is 0 Å². The van der Waals surface area contributed by atoms with Gasteiger partial charge in [0.05, 0.1) is 19.0 Å². The minimum atomic E-state index is -1.97. The second-order valence-corrected chi connectivity index (χ2v) is 15.5. The zero-order valence-corrected chi connectivity index (χ0v) is 22.0. The van der Waals surface area contributed by atoms with Crippen molar-refractivity contribution in [3.8, 4) is 16.2 Å². The summed E-state index contributed by atoms with van der Waals surface area (Å²) in [4.78, 5) is 16.7. The Bertz CT molecular complexity index is 1040. The summed E-state index contributed by atoms with van der Waals surface area (Å²) in [5, 5.41) is 2.18. The third-order valence-corrected chi connectivity index (χ3v) is 11.6. The number of para-hydroxylation sites is 1. The van der Waals surface area contributed by atoms with Gasteiger partial charge >= 0.3 is 0 Å². The molecule has 1 atom stereocenters. The molecule has 2 aromatic heterocycles. The number of carbonyl (C=O) groups is 1. The molecule has 0 bridgehead atoms. The number of aromatic nitrogens is 2. The fourth-order valence-electron chi connectivity index (χ4n) is 3.32. The molecule has 1 aromatic carbocycles. The Morgan fingerprint density at radius 3 is 2.61 bits per heavy atom. The van der Waals surface area contributed by atoms with E-state index in [1.165, 1.54) is 4.88 Å². The average Bonchev–Trinajstić information content (AvgIpc) is 3.42. The summed E-state index contributed by atoms with van der Waals surface area (Å²) >= 11 is 1.71. The Morgan fingerprint density at radius 1 is 1.21 bits per heavy atom. The number of imidazole rings is 1. The number of ether oxygens (including phenoxy) is 1. The number of nitrogens with zero attached hydrogens (tertiary/aromatic N) is 2. The van der Waals surface area contributed by atoms with Gasteiger partial charge in [0.15, 0.2) is 8.32 Å². The average molecular weight is 486 g/mol. The molecule has 0 radical (unpaired) electrons. The fraction of sp³-hybridized carbons (Fsp3) is 0.440. The van der Waals surface area contributed by atoms with E-state index in [1.54, 1.807) is 23.9 Å². The summed E-state index contributed by atoms with van der Waals surface area (Å²) in [6, 6.07) is 12.3. The summed E-state index contributed by atoms with van der Waals surface area (Å²) in [7, 11) is -1.97. The van der Waals surface area contributed by atoms with Crippen LogP contribution in [0.4, 0.5) is 0 Å². The van der Waals surface area contributed by atoms with Crippen LogP contribution < -0.4 is 10.5 Å². The number of rotatable bonds is 11. The maximum atomic E-state index is 11.4. The van der Waals surface area contributed by atoms with Gasteiger partial charge in [0.1, 0.15) is 11.4 Å². The highest BCUT2D eigenvalue weighted by atomic mass is 32.1. The summed E-state index contributed by atoms with van der Waals surface area (Å²) in [6.45, 7) is 12.5. The minimum Gasteiger partial charge on any atom is -0.493 e. The topological polar surface area (TPSA) is 79.4 Å². The van der Waals surface area contributed by atoms with Crippen LogP contribution in [0.5, 0.6) is 5.75 Å². The Morgan fingerprint density at radius 2 is 1.97 bits per heavy atom. The first-order valence-electron chi connectivity index (χ1n) is 11.3. The van der Waals surface area contributed by atoms with Crippen molar-refractivity contribution >= 4 is 25.6 Å². The van der Waals surface area contributed by atoms with E-state index in [4.69, 9.17) is 14.9 Å². The van der Waals surface area contributed by atoms with Gasteiger partial charge in [-0.25, -0.2) is 4.98 Å². The van der Waals surface area contributed by atoms with Gasteiger partial charge in [0.25, 0.3) is 5.91 Å². The third kappa shape index (κ3) is 6.78. The van der Waals surface area contributed by atoms with Crippen molar-refractivity contribution in [2.24, 2.45) is 5.73 Å². The molecule has 33 heavy (non-hydrogen) atoms. The molecular weight excluding hydrogens is 450 g/mol. The molecule has 6 nitrogen and oxygen atoms in total. The van der Waals surface area contributed by atoms with Crippen molar-refractivity contribution in [2.45, 2.75) is 64.4 Å². The molecule has 0 spiro atoms. The molecule has 3 rings (SSSR count).